The number of amides is 1. The van der Waals surface area contributed by atoms with Crippen LogP contribution < -0.4 is 10.6 Å². The van der Waals surface area contributed by atoms with Crippen molar-refractivity contribution in [3.63, 3.8) is 0 Å². The van der Waals surface area contributed by atoms with Gasteiger partial charge in [-0.1, -0.05) is 13.8 Å². The minimum absolute atomic E-state index is 0.0251. The number of hydrogen-bond acceptors (Lipinski definition) is 4. The van der Waals surface area contributed by atoms with Gasteiger partial charge >= 0.3 is 0 Å². The molecule has 100 valence electrons. The summed E-state index contributed by atoms with van der Waals surface area (Å²) in [7, 11) is 1.76. The molecule has 0 bridgehead atoms. The molecule has 1 aliphatic rings. The van der Waals surface area contributed by atoms with Crippen molar-refractivity contribution in [3.05, 3.63) is 0 Å². The third-order valence-electron chi connectivity index (χ3n) is 2.71. The second-order valence-corrected chi connectivity index (χ2v) is 4.98. The van der Waals surface area contributed by atoms with Gasteiger partial charge in [-0.25, -0.2) is 0 Å². The van der Waals surface area contributed by atoms with Crippen molar-refractivity contribution in [3.8, 4) is 0 Å². The van der Waals surface area contributed by atoms with Crippen LogP contribution in [0.4, 0.5) is 0 Å². The number of hydrogen-bond donors (Lipinski definition) is 2. The van der Waals surface area contributed by atoms with Gasteiger partial charge in [0.2, 0.25) is 5.91 Å². The Morgan fingerprint density at radius 3 is 2.94 bits per heavy atom. The lowest BCUT2D eigenvalue weighted by Gasteiger charge is -2.33. The van der Waals surface area contributed by atoms with E-state index in [1.165, 1.54) is 0 Å². The zero-order valence-corrected chi connectivity index (χ0v) is 11.2. The molecule has 1 aliphatic heterocycles. The molecule has 1 rings (SSSR count). The topological polar surface area (TPSA) is 53.6 Å². The van der Waals surface area contributed by atoms with E-state index < -0.39 is 0 Å². The van der Waals surface area contributed by atoms with E-state index in [1.54, 1.807) is 7.05 Å². The highest BCUT2D eigenvalue weighted by atomic mass is 16.5. The lowest BCUT2D eigenvalue weighted by atomic mass is 10.2. The molecule has 0 saturated carbocycles. The highest BCUT2D eigenvalue weighted by Gasteiger charge is 2.21. The Morgan fingerprint density at radius 2 is 2.29 bits per heavy atom. The Balaban J connectivity index is 2.22. The van der Waals surface area contributed by atoms with E-state index in [0.29, 0.717) is 19.0 Å². The zero-order chi connectivity index (χ0) is 12.7. The van der Waals surface area contributed by atoms with Gasteiger partial charge in [0.05, 0.1) is 19.3 Å². The molecule has 2 N–H and O–H groups in total. The number of nitrogens with one attached hydrogen (secondary N) is 2. The van der Waals surface area contributed by atoms with Crippen LogP contribution in [0.3, 0.4) is 0 Å². The molecule has 1 unspecified atom stereocenters. The van der Waals surface area contributed by atoms with E-state index in [4.69, 9.17) is 4.74 Å². The number of carbonyl (C=O) groups is 1. The van der Waals surface area contributed by atoms with Crippen molar-refractivity contribution in [2.75, 3.05) is 46.4 Å². The quantitative estimate of drug-likeness (QED) is 0.671. The zero-order valence-electron chi connectivity index (χ0n) is 11.2. The Bertz CT molecular complexity index is 234. The summed E-state index contributed by atoms with van der Waals surface area (Å²) in [5, 5.41) is 5.70. The van der Waals surface area contributed by atoms with Gasteiger partial charge in [-0.3, -0.25) is 9.69 Å². The van der Waals surface area contributed by atoms with Crippen molar-refractivity contribution < 1.29 is 9.53 Å². The third-order valence-corrected chi connectivity index (χ3v) is 2.71. The van der Waals surface area contributed by atoms with Crippen LogP contribution in [0.1, 0.15) is 13.8 Å². The Morgan fingerprint density at radius 1 is 1.53 bits per heavy atom. The predicted octanol–water partition coefficient (Wildman–Crippen LogP) is -0.321. The summed E-state index contributed by atoms with van der Waals surface area (Å²) in [6.45, 7) is 9.19. The lowest BCUT2D eigenvalue weighted by molar-refractivity contribution is -0.121. The summed E-state index contributed by atoms with van der Waals surface area (Å²) >= 11 is 0. The summed E-state index contributed by atoms with van der Waals surface area (Å²) < 4.78 is 5.64. The highest BCUT2D eigenvalue weighted by molar-refractivity contribution is 5.77. The number of likely N-dealkylation sites (N-methyl/N-ethyl adjacent to an activating group) is 1. The smallest absolute Gasteiger partial charge is 0.234 e. The maximum absolute atomic E-state index is 11.3. The molecule has 0 aliphatic carbocycles. The highest BCUT2D eigenvalue weighted by Crippen LogP contribution is 2.07. The van der Waals surface area contributed by atoms with Crippen LogP contribution in [0.2, 0.25) is 0 Å². The molecular formula is C12H25N3O2. The summed E-state index contributed by atoms with van der Waals surface area (Å²) in [5.74, 6) is 0.699. The second-order valence-electron chi connectivity index (χ2n) is 4.98. The molecule has 5 heteroatoms. The Kier molecular flexibility index (Phi) is 6.47. The largest absolute Gasteiger partial charge is 0.374 e. The molecule has 1 saturated heterocycles. The minimum atomic E-state index is 0.0251. The molecule has 0 aromatic carbocycles. The standard InChI is InChI=1S/C12H25N3O2/c1-10(2)8-15-4-5-17-11(9-15)6-14-12(16)7-13-3/h10-11,13H,4-9H2,1-3H3,(H,14,16). The lowest BCUT2D eigenvalue weighted by Crippen LogP contribution is -2.49. The van der Waals surface area contributed by atoms with Crippen molar-refractivity contribution in [2.45, 2.75) is 20.0 Å². The van der Waals surface area contributed by atoms with Gasteiger partial charge in [0, 0.05) is 26.2 Å². The van der Waals surface area contributed by atoms with E-state index in [1.807, 2.05) is 0 Å². The Labute approximate surface area is 104 Å². The van der Waals surface area contributed by atoms with Crippen molar-refractivity contribution in [1.29, 1.82) is 0 Å². The van der Waals surface area contributed by atoms with E-state index in [0.717, 1.165) is 26.2 Å². The minimum Gasteiger partial charge on any atom is -0.374 e. The normalized spacial score (nSPS) is 21.8. The van der Waals surface area contributed by atoms with Crippen LogP contribution in [-0.4, -0.2) is 63.3 Å². The van der Waals surface area contributed by atoms with E-state index in [2.05, 4.69) is 29.4 Å². The summed E-state index contributed by atoms with van der Waals surface area (Å²) in [6, 6.07) is 0. The third kappa shape index (κ3) is 6.00. The monoisotopic (exact) mass is 243 g/mol. The first kappa shape index (κ1) is 14.4. The molecule has 5 nitrogen and oxygen atoms in total. The number of ether oxygens (including phenoxy) is 1. The van der Waals surface area contributed by atoms with Crippen LogP contribution in [0.15, 0.2) is 0 Å². The molecule has 1 heterocycles. The molecule has 1 fully saturated rings. The van der Waals surface area contributed by atoms with Gasteiger partial charge in [0.1, 0.15) is 0 Å². The van der Waals surface area contributed by atoms with E-state index in [-0.39, 0.29) is 12.0 Å². The summed E-state index contributed by atoms with van der Waals surface area (Å²) in [4.78, 5) is 13.7. The molecule has 17 heavy (non-hydrogen) atoms. The average Bonchev–Trinajstić information content (AvgIpc) is 2.26. The molecule has 0 aromatic rings. The van der Waals surface area contributed by atoms with Crippen molar-refractivity contribution >= 4 is 5.91 Å². The first-order valence-corrected chi connectivity index (χ1v) is 6.37. The molecule has 0 radical (unpaired) electrons. The molecular weight excluding hydrogens is 218 g/mol. The number of rotatable bonds is 6. The maximum Gasteiger partial charge on any atom is 0.234 e. The summed E-state index contributed by atoms with van der Waals surface area (Å²) in [6.07, 6.45) is 0.128. The maximum atomic E-state index is 11.3. The van der Waals surface area contributed by atoms with Gasteiger partial charge in [-0.2, -0.15) is 0 Å². The molecule has 1 amide bonds. The number of nitrogens with zero attached hydrogens (tertiary/aromatic N) is 1. The van der Waals surface area contributed by atoms with Gasteiger partial charge in [-0.15, -0.1) is 0 Å². The van der Waals surface area contributed by atoms with E-state index in [9.17, 15) is 4.79 Å². The fourth-order valence-corrected chi connectivity index (χ4v) is 2.04. The molecule has 0 spiro atoms. The van der Waals surface area contributed by atoms with Crippen molar-refractivity contribution in [1.82, 2.24) is 15.5 Å². The first-order chi connectivity index (χ1) is 8.11. The Hall–Kier alpha value is -0.650. The molecule has 0 aromatic heterocycles. The van der Waals surface area contributed by atoms with Crippen LogP contribution in [0.5, 0.6) is 0 Å². The van der Waals surface area contributed by atoms with Gasteiger partial charge in [0.15, 0.2) is 0 Å². The average molecular weight is 243 g/mol. The van der Waals surface area contributed by atoms with Crippen LogP contribution in [0.25, 0.3) is 0 Å². The SMILES string of the molecule is CNCC(=O)NCC1CN(CC(C)C)CCO1. The second kappa shape index (κ2) is 7.63. The molecule has 1 atom stereocenters. The van der Waals surface area contributed by atoms with Crippen molar-refractivity contribution in [2.24, 2.45) is 5.92 Å². The van der Waals surface area contributed by atoms with E-state index >= 15 is 0 Å². The number of morpholine rings is 1. The fourth-order valence-electron chi connectivity index (χ4n) is 2.04. The fraction of sp³-hybridized carbons (Fsp3) is 0.917. The van der Waals surface area contributed by atoms with Gasteiger partial charge in [0.25, 0.3) is 0 Å². The van der Waals surface area contributed by atoms with Crippen LogP contribution in [0, 0.1) is 5.92 Å². The first-order valence-electron chi connectivity index (χ1n) is 6.37. The predicted molar refractivity (Wildman–Crippen MR) is 68.0 cm³/mol. The van der Waals surface area contributed by atoms with Gasteiger partial charge in [-0.05, 0) is 13.0 Å². The number of carbonyl (C=O) groups excluding carboxylic acids is 1. The van der Waals surface area contributed by atoms with Crippen LogP contribution in [-0.2, 0) is 9.53 Å². The van der Waals surface area contributed by atoms with Gasteiger partial charge < -0.3 is 15.4 Å². The summed E-state index contributed by atoms with van der Waals surface area (Å²) in [5.41, 5.74) is 0. The van der Waals surface area contributed by atoms with Crippen LogP contribution >= 0.6 is 0 Å².